The molecule has 1 aliphatic heterocycles. The lowest BCUT2D eigenvalue weighted by molar-refractivity contribution is 0.00400. The number of halogens is 1. The van der Waals surface area contributed by atoms with Crippen LogP contribution < -0.4 is 5.32 Å². The topological polar surface area (TPSA) is 84.8 Å². The molecule has 2 N–H and O–H groups in total. The third-order valence-corrected chi connectivity index (χ3v) is 4.52. The van der Waals surface area contributed by atoms with Gasteiger partial charge in [-0.3, -0.25) is 14.6 Å². The fourth-order valence-electron chi connectivity index (χ4n) is 3.09. The van der Waals surface area contributed by atoms with Gasteiger partial charge >= 0.3 is 0 Å². The summed E-state index contributed by atoms with van der Waals surface area (Å²) in [7, 11) is 0. The molecule has 1 unspecified atom stereocenters. The summed E-state index contributed by atoms with van der Waals surface area (Å²) in [6.07, 6.45) is 6.88. The van der Waals surface area contributed by atoms with E-state index in [1.54, 1.807) is 35.3 Å². The average molecular weight is 369 g/mol. The molecule has 7 nitrogen and oxygen atoms in total. The molecular formula is C19H20FN5O2. The highest BCUT2D eigenvalue weighted by atomic mass is 19.1. The third kappa shape index (κ3) is 4.22. The van der Waals surface area contributed by atoms with Gasteiger partial charge in [0.15, 0.2) is 0 Å². The van der Waals surface area contributed by atoms with Gasteiger partial charge in [0.2, 0.25) is 0 Å². The van der Waals surface area contributed by atoms with Gasteiger partial charge in [-0.05, 0) is 49.6 Å². The predicted octanol–water partition coefficient (Wildman–Crippen LogP) is 3.23. The Labute approximate surface area is 155 Å². The zero-order chi connectivity index (χ0) is 18.6. The van der Waals surface area contributed by atoms with Gasteiger partial charge in [-0.1, -0.05) is 0 Å². The molecule has 0 aliphatic carbocycles. The number of anilines is 1. The molecule has 3 aromatic rings. The van der Waals surface area contributed by atoms with Crippen molar-refractivity contribution < 1.29 is 13.9 Å². The molecule has 4 rings (SSSR count). The number of benzene rings is 1. The number of carbonyl (C=O) groups is 1. The fraction of sp³-hybridized carbons (Fsp3) is 0.316. The van der Waals surface area contributed by atoms with E-state index in [2.05, 4.69) is 20.6 Å². The molecule has 3 heterocycles. The van der Waals surface area contributed by atoms with E-state index in [1.807, 2.05) is 0 Å². The minimum Gasteiger partial charge on any atom is -0.376 e. The Morgan fingerprint density at radius 3 is 2.96 bits per heavy atom. The predicted molar refractivity (Wildman–Crippen MR) is 97.8 cm³/mol. The molecule has 0 radical (unpaired) electrons. The van der Waals surface area contributed by atoms with Crippen molar-refractivity contribution in [2.24, 2.45) is 0 Å². The largest absolute Gasteiger partial charge is 0.376 e. The smallest absolute Gasteiger partial charge is 0.273 e. The molecule has 1 fully saturated rings. The summed E-state index contributed by atoms with van der Waals surface area (Å²) in [6.45, 7) is 1.47. The molecule has 1 amide bonds. The molecule has 1 atom stereocenters. The number of hydrogen-bond acceptors (Lipinski definition) is 4. The lowest BCUT2D eigenvalue weighted by Gasteiger charge is -2.22. The first kappa shape index (κ1) is 17.4. The lowest BCUT2D eigenvalue weighted by Crippen LogP contribution is -2.24. The first-order valence-electron chi connectivity index (χ1n) is 8.94. The molecule has 140 valence electrons. The van der Waals surface area contributed by atoms with Crippen LogP contribution in [0.1, 0.15) is 29.8 Å². The van der Waals surface area contributed by atoms with Crippen LogP contribution in [-0.2, 0) is 11.3 Å². The maximum Gasteiger partial charge on any atom is 0.273 e. The van der Waals surface area contributed by atoms with Crippen molar-refractivity contribution in [3.8, 4) is 11.3 Å². The maximum absolute atomic E-state index is 13.0. The van der Waals surface area contributed by atoms with Crippen LogP contribution in [0.4, 0.5) is 10.1 Å². The molecule has 0 saturated carbocycles. The summed E-state index contributed by atoms with van der Waals surface area (Å²) in [5.41, 5.74) is 2.23. The quantitative estimate of drug-likeness (QED) is 0.723. The van der Waals surface area contributed by atoms with E-state index in [-0.39, 0.29) is 17.8 Å². The van der Waals surface area contributed by atoms with Crippen molar-refractivity contribution in [3.05, 3.63) is 54.2 Å². The van der Waals surface area contributed by atoms with E-state index in [0.29, 0.717) is 23.6 Å². The highest BCUT2D eigenvalue weighted by Gasteiger charge is 2.16. The first-order chi connectivity index (χ1) is 13.2. The molecule has 8 heteroatoms. The second-order valence-electron chi connectivity index (χ2n) is 6.57. The third-order valence-electron chi connectivity index (χ3n) is 4.52. The Balaban J connectivity index is 1.38. The number of aromatic amines is 1. The van der Waals surface area contributed by atoms with Crippen LogP contribution in [0, 0.1) is 5.82 Å². The number of aromatic nitrogens is 4. The molecule has 27 heavy (non-hydrogen) atoms. The number of rotatable bonds is 5. The summed E-state index contributed by atoms with van der Waals surface area (Å²) in [6, 6.07) is 7.57. The van der Waals surface area contributed by atoms with Crippen LogP contribution in [0.15, 0.2) is 42.7 Å². The summed E-state index contributed by atoms with van der Waals surface area (Å²) in [5, 5.41) is 13.9. The Morgan fingerprint density at radius 2 is 2.19 bits per heavy atom. The molecular weight excluding hydrogens is 349 g/mol. The normalized spacial score (nSPS) is 17.0. The average Bonchev–Trinajstić information content (AvgIpc) is 3.33. The summed E-state index contributed by atoms with van der Waals surface area (Å²) >= 11 is 0. The van der Waals surface area contributed by atoms with E-state index in [0.717, 1.165) is 25.0 Å². The van der Waals surface area contributed by atoms with E-state index in [4.69, 9.17) is 4.74 Å². The molecule has 1 aliphatic rings. The Hall–Kier alpha value is -3.00. The van der Waals surface area contributed by atoms with Crippen molar-refractivity contribution >= 4 is 11.6 Å². The van der Waals surface area contributed by atoms with Crippen molar-refractivity contribution in [1.29, 1.82) is 0 Å². The van der Waals surface area contributed by atoms with Gasteiger partial charge in [0.05, 0.1) is 30.2 Å². The highest BCUT2D eigenvalue weighted by molar-refractivity contribution is 6.03. The van der Waals surface area contributed by atoms with Crippen LogP contribution >= 0.6 is 0 Å². The van der Waals surface area contributed by atoms with Gasteiger partial charge in [0.25, 0.3) is 5.91 Å². The summed E-state index contributed by atoms with van der Waals surface area (Å²) in [4.78, 5) is 12.4. The SMILES string of the molecule is O=C(Nc1cnn(CC2CCCCO2)c1)c1cc(-c2ccc(F)cc2)n[nH]1. The number of nitrogens with zero attached hydrogens (tertiary/aromatic N) is 3. The van der Waals surface area contributed by atoms with Gasteiger partial charge < -0.3 is 10.1 Å². The van der Waals surface area contributed by atoms with Crippen LogP contribution in [0.25, 0.3) is 11.3 Å². The number of nitrogens with one attached hydrogen (secondary N) is 2. The van der Waals surface area contributed by atoms with Crippen LogP contribution in [0.5, 0.6) is 0 Å². The number of hydrogen-bond donors (Lipinski definition) is 2. The number of amides is 1. The highest BCUT2D eigenvalue weighted by Crippen LogP contribution is 2.19. The Morgan fingerprint density at radius 1 is 1.33 bits per heavy atom. The van der Waals surface area contributed by atoms with Gasteiger partial charge in [-0.2, -0.15) is 10.2 Å². The molecule has 0 spiro atoms. The Kier molecular flexibility index (Phi) is 4.97. The lowest BCUT2D eigenvalue weighted by atomic mass is 10.1. The van der Waals surface area contributed by atoms with E-state index in [9.17, 15) is 9.18 Å². The second-order valence-corrected chi connectivity index (χ2v) is 6.57. The monoisotopic (exact) mass is 369 g/mol. The van der Waals surface area contributed by atoms with E-state index in [1.165, 1.54) is 18.6 Å². The molecule has 2 aromatic heterocycles. The van der Waals surface area contributed by atoms with Crippen molar-refractivity contribution in [2.45, 2.75) is 31.9 Å². The zero-order valence-corrected chi connectivity index (χ0v) is 14.7. The van der Waals surface area contributed by atoms with Crippen LogP contribution in [0.3, 0.4) is 0 Å². The number of ether oxygens (including phenoxy) is 1. The van der Waals surface area contributed by atoms with Crippen molar-refractivity contribution in [2.75, 3.05) is 11.9 Å². The van der Waals surface area contributed by atoms with E-state index >= 15 is 0 Å². The fourth-order valence-corrected chi connectivity index (χ4v) is 3.09. The van der Waals surface area contributed by atoms with E-state index < -0.39 is 0 Å². The second kappa shape index (κ2) is 7.71. The molecule has 0 bridgehead atoms. The first-order valence-corrected chi connectivity index (χ1v) is 8.94. The molecule has 1 aromatic carbocycles. The van der Waals surface area contributed by atoms with Crippen molar-refractivity contribution in [1.82, 2.24) is 20.0 Å². The van der Waals surface area contributed by atoms with Crippen LogP contribution in [0.2, 0.25) is 0 Å². The maximum atomic E-state index is 13.0. The number of H-pyrrole nitrogens is 1. The zero-order valence-electron chi connectivity index (χ0n) is 14.7. The minimum atomic E-state index is -0.317. The number of carbonyl (C=O) groups excluding carboxylic acids is 1. The van der Waals surface area contributed by atoms with Gasteiger partial charge in [-0.15, -0.1) is 0 Å². The van der Waals surface area contributed by atoms with Gasteiger partial charge in [-0.25, -0.2) is 4.39 Å². The van der Waals surface area contributed by atoms with Gasteiger partial charge in [0.1, 0.15) is 11.5 Å². The van der Waals surface area contributed by atoms with Crippen molar-refractivity contribution in [3.63, 3.8) is 0 Å². The Bertz CT molecular complexity index is 912. The molecule has 1 saturated heterocycles. The summed E-state index contributed by atoms with van der Waals surface area (Å²) < 4.78 is 20.5. The van der Waals surface area contributed by atoms with Crippen LogP contribution in [-0.4, -0.2) is 38.6 Å². The van der Waals surface area contributed by atoms with Gasteiger partial charge in [0, 0.05) is 18.4 Å². The minimum absolute atomic E-state index is 0.174. The standard InChI is InChI=1S/C19H20FN5O2/c20-14-6-4-13(5-7-14)17-9-18(24-23-17)19(26)22-15-10-21-25(11-15)12-16-3-1-2-8-27-16/h4-7,9-11,16H,1-3,8,12H2,(H,22,26)(H,23,24). The summed E-state index contributed by atoms with van der Waals surface area (Å²) in [5.74, 6) is -0.632.